The van der Waals surface area contributed by atoms with Gasteiger partial charge in [-0.05, 0) is 79.7 Å². The summed E-state index contributed by atoms with van der Waals surface area (Å²) in [7, 11) is 0. The number of aliphatic hydroxyl groups is 2. The monoisotopic (exact) mass is 796 g/mol. The highest BCUT2D eigenvalue weighted by molar-refractivity contribution is 5.92. The van der Waals surface area contributed by atoms with Crippen LogP contribution in [0.15, 0.2) is 126 Å². The Bertz CT molecular complexity index is 2420. The normalized spacial score (nSPS) is 15.0. The largest absolute Gasteiger partial charge is 0.506 e. The summed E-state index contributed by atoms with van der Waals surface area (Å²) < 4.78 is 5.90. The first-order valence-corrected chi connectivity index (χ1v) is 19.9. The molecule has 1 saturated heterocycles. The van der Waals surface area contributed by atoms with Crippen LogP contribution in [0, 0.1) is 5.92 Å². The number of rotatable bonds is 16. The number of aromatic amines is 1. The number of pyridine rings is 1. The van der Waals surface area contributed by atoms with Crippen molar-refractivity contribution in [1.82, 2.24) is 30.5 Å². The minimum atomic E-state index is -2.10. The first-order chi connectivity index (χ1) is 28.7. The number of aromatic nitrogens is 3. The van der Waals surface area contributed by atoms with E-state index in [2.05, 4.69) is 42.6 Å². The summed E-state index contributed by atoms with van der Waals surface area (Å²) >= 11 is 0. The van der Waals surface area contributed by atoms with Crippen molar-refractivity contribution >= 4 is 22.8 Å². The summed E-state index contributed by atoms with van der Waals surface area (Å²) in [5.74, 6) is -1.08. The van der Waals surface area contributed by atoms with Crippen LogP contribution in [-0.2, 0) is 21.7 Å². The highest BCUT2D eigenvalue weighted by atomic mass is 16.5. The minimum absolute atomic E-state index is 0.0782. The van der Waals surface area contributed by atoms with Crippen molar-refractivity contribution in [2.45, 2.75) is 37.5 Å². The van der Waals surface area contributed by atoms with Gasteiger partial charge in [0.15, 0.2) is 0 Å². The number of carbonyl (C=O) groups excluding carboxylic acids is 2. The smallest absolute Gasteiger partial charge is 0.347 e. The fourth-order valence-electron chi connectivity index (χ4n) is 7.45. The number of piperidine rings is 1. The summed E-state index contributed by atoms with van der Waals surface area (Å²) in [6.45, 7) is 3.91. The second-order valence-electron chi connectivity index (χ2n) is 14.9. The van der Waals surface area contributed by atoms with E-state index in [0.29, 0.717) is 52.8 Å². The topological polar surface area (TPSA) is 190 Å². The molecule has 1 aliphatic heterocycles. The molecule has 0 radical (unpaired) electrons. The van der Waals surface area contributed by atoms with E-state index in [0.717, 1.165) is 32.5 Å². The van der Waals surface area contributed by atoms with Gasteiger partial charge in [0.25, 0.3) is 5.91 Å². The van der Waals surface area contributed by atoms with Crippen molar-refractivity contribution in [3.63, 3.8) is 0 Å². The standard InChI is InChI=1S/C46H48N6O7/c53-40-17-15-36(37-16-18-42(55)51-43(37)40)41(54)28-47-21-8-22-49-44(56)39-27-48-26-38(50-39)33-11-7-14-35(25-33)46(58,34-12-5-2-6-13-34)45(57)59-30-32-19-23-52(24-20-32)29-31-9-3-1-4-10-31/h1-7,9-18,25-27,32,41,47,53-54,58H,8,19-24,28-30H2,(H,49,56)(H,51,55)/t41-,46-/m0/s1. The molecule has 2 aromatic heterocycles. The molecule has 0 unspecified atom stereocenters. The first kappa shape index (κ1) is 40.9. The average molecular weight is 797 g/mol. The molecule has 3 heterocycles. The molecular formula is C46H48N6O7. The molecule has 6 aromatic rings. The van der Waals surface area contributed by atoms with Gasteiger partial charge in [-0.1, -0.05) is 84.9 Å². The summed E-state index contributed by atoms with van der Waals surface area (Å²) in [6.07, 6.45) is 4.31. The van der Waals surface area contributed by atoms with Gasteiger partial charge in [-0.3, -0.25) is 19.5 Å². The van der Waals surface area contributed by atoms with E-state index in [1.165, 1.54) is 30.1 Å². The molecule has 1 fully saturated rings. The maximum absolute atomic E-state index is 13.9. The number of carbonyl (C=O) groups is 2. The number of nitrogens with one attached hydrogen (secondary N) is 3. The number of aromatic hydroxyl groups is 1. The van der Waals surface area contributed by atoms with E-state index < -0.39 is 23.6 Å². The quantitative estimate of drug-likeness (QED) is 0.0582. The SMILES string of the molecule is O=C(NCCCNC[C@H](O)c1ccc(O)c2[nH]c(=O)ccc12)c1cncc(-c2cccc([C@](O)(C(=O)OCC3CCN(Cc4ccccc4)CC3)c3ccccc3)c2)n1. The zero-order chi connectivity index (χ0) is 41.2. The number of nitrogens with zero attached hydrogens (tertiary/aromatic N) is 3. The van der Waals surface area contributed by atoms with E-state index in [-0.39, 0.29) is 41.6 Å². The molecule has 1 amide bonds. The molecule has 0 bridgehead atoms. The predicted octanol–water partition coefficient (Wildman–Crippen LogP) is 4.83. The number of fused-ring (bicyclic) bond motifs is 1. The number of hydrogen-bond donors (Lipinski definition) is 6. The lowest BCUT2D eigenvalue weighted by atomic mass is 9.85. The molecule has 1 aliphatic rings. The van der Waals surface area contributed by atoms with Crippen molar-refractivity contribution in [2.75, 3.05) is 39.3 Å². The Morgan fingerprint density at radius 1 is 0.898 bits per heavy atom. The average Bonchev–Trinajstić information content (AvgIpc) is 3.27. The maximum Gasteiger partial charge on any atom is 0.347 e. The molecule has 7 rings (SSSR count). The van der Waals surface area contributed by atoms with Crippen molar-refractivity contribution in [2.24, 2.45) is 5.92 Å². The molecule has 6 N–H and O–H groups in total. The number of H-pyrrole nitrogens is 1. The lowest BCUT2D eigenvalue weighted by Crippen LogP contribution is -2.40. The highest BCUT2D eigenvalue weighted by Crippen LogP contribution is 2.34. The van der Waals surface area contributed by atoms with Gasteiger partial charge in [0.05, 0.1) is 36.3 Å². The number of amides is 1. The number of likely N-dealkylation sites (tertiary alicyclic amines) is 1. The molecule has 13 nitrogen and oxygen atoms in total. The number of ether oxygens (including phenoxy) is 1. The lowest BCUT2D eigenvalue weighted by Gasteiger charge is -2.33. The van der Waals surface area contributed by atoms with Crippen molar-refractivity contribution in [3.8, 4) is 17.0 Å². The fraction of sp³-hybridized carbons (Fsp3) is 0.283. The lowest BCUT2D eigenvalue weighted by molar-refractivity contribution is -0.164. The van der Waals surface area contributed by atoms with Crippen LogP contribution in [0.2, 0.25) is 0 Å². The molecular weight excluding hydrogens is 749 g/mol. The predicted molar refractivity (Wildman–Crippen MR) is 223 cm³/mol. The minimum Gasteiger partial charge on any atom is -0.506 e. The van der Waals surface area contributed by atoms with Gasteiger partial charge in [0, 0.05) is 42.2 Å². The summed E-state index contributed by atoms with van der Waals surface area (Å²) in [5, 5.41) is 39.7. The number of benzene rings is 4. The first-order valence-electron chi connectivity index (χ1n) is 19.9. The third-order valence-corrected chi connectivity index (χ3v) is 10.8. The van der Waals surface area contributed by atoms with Crippen LogP contribution in [0.3, 0.4) is 0 Å². The molecule has 13 heteroatoms. The van der Waals surface area contributed by atoms with E-state index >= 15 is 0 Å². The second-order valence-corrected chi connectivity index (χ2v) is 14.9. The number of aliphatic hydroxyl groups excluding tert-OH is 1. The Balaban J connectivity index is 0.940. The number of esters is 1. The Hall–Kier alpha value is -6.25. The highest BCUT2D eigenvalue weighted by Gasteiger charge is 2.42. The molecule has 0 aliphatic carbocycles. The van der Waals surface area contributed by atoms with Gasteiger partial charge in [0.2, 0.25) is 11.2 Å². The zero-order valence-electron chi connectivity index (χ0n) is 32.6. The summed E-state index contributed by atoms with van der Waals surface area (Å²) in [6, 6.07) is 31.9. The zero-order valence-corrected chi connectivity index (χ0v) is 32.6. The van der Waals surface area contributed by atoms with Crippen LogP contribution < -0.4 is 16.2 Å². The maximum atomic E-state index is 13.9. The Morgan fingerprint density at radius 3 is 2.42 bits per heavy atom. The van der Waals surface area contributed by atoms with Crippen molar-refractivity contribution in [3.05, 3.63) is 160 Å². The fourth-order valence-corrected chi connectivity index (χ4v) is 7.45. The van der Waals surface area contributed by atoms with E-state index in [4.69, 9.17) is 4.74 Å². The molecule has 2 atom stereocenters. The third kappa shape index (κ3) is 9.90. The van der Waals surface area contributed by atoms with Gasteiger partial charge in [-0.2, -0.15) is 0 Å². The number of phenols is 1. The Kier molecular flexibility index (Phi) is 13.2. The van der Waals surface area contributed by atoms with Crippen LogP contribution in [0.1, 0.15) is 58.1 Å². The molecule has 304 valence electrons. The van der Waals surface area contributed by atoms with Crippen LogP contribution >= 0.6 is 0 Å². The van der Waals surface area contributed by atoms with Crippen LogP contribution in [0.25, 0.3) is 22.2 Å². The van der Waals surface area contributed by atoms with Crippen molar-refractivity contribution < 1.29 is 29.6 Å². The Morgan fingerprint density at radius 2 is 1.64 bits per heavy atom. The van der Waals surface area contributed by atoms with Gasteiger partial charge < -0.3 is 35.7 Å². The van der Waals surface area contributed by atoms with E-state index in [9.17, 15) is 29.7 Å². The van der Waals surface area contributed by atoms with Gasteiger partial charge in [-0.15, -0.1) is 0 Å². The summed E-state index contributed by atoms with van der Waals surface area (Å²) in [4.78, 5) is 52.6. The van der Waals surface area contributed by atoms with E-state index in [1.54, 1.807) is 60.7 Å². The molecule has 4 aromatic carbocycles. The molecule has 59 heavy (non-hydrogen) atoms. The number of phenolic OH excluding ortho intramolecular Hbond substituents is 1. The number of hydrogen-bond acceptors (Lipinski definition) is 11. The summed E-state index contributed by atoms with van der Waals surface area (Å²) in [5.41, 5.74) is 1.34. The third-order valence-electron chi connectivity index (χ3n) is 10.8. The van der Waals surface area contributed by atoms with E-state index in [1.807, 2.05) is 24.3 Å². The second kappa shape index (κ2) is 19.0. The van der Waals surface area contributed by atoms with Crippen LogP contribution in [-0.4, -0.2) is 86.4 Å². The molecule has 0 spiro atoms. The Labute approximate surface area is 341 Å². The van der Waals surface area contributed by atoms with Gasteiger partial charge in [-0.25, -0.2) is 9.78 Å². The van der Waals surface area contributed by atoms with Gasteiger partial charge >= 0.3 is 5.97 Å². The van der Waals surface area contributed by atoms with Crippen molar-refractivity contribution in [1.29, 1.82) is 0 Å². The molecule has 0 saturated carbocycles. The van der Waals surface area contributed by atoms with Crippen LogP contribution in [0.5, 0.6) is 5.75 Å². The van der Waals surface area contributed by atoms with Gasteiger partial charge in [0.1, 0.15) is 11.4 Å². The van der Waals surface area contributed by atoms with Crippen LogP contribution in [0.4, 0.5) is 0 Å².